The van der Waals surface area contributed by atoms with Gasteiger partial charge in [0.25, 0.3) is 10.1 Å². The summed E-state index contributed by atoms with van der Waals surface area (Å²) in [5.41, 5.74) is 1.88. The highest BCUT2D eigenvalue weighted by Crippen LogP contribution is 2.24. The van der Waals surface area contributed by atoms with Gasteiger partial charge in [0.1, 0.15) is 0 Å². The molecule has 4 N–H and O–H groups in total. The van der Waals surface area contributed by atoms with Crippen LogP contribution in [0.1, 0.15) is 64.5 Å². The molecule has 134 valence electrons. The molecule has 0 aromatic heterocycles. The Morgan fingerprint density at radius 3 is 1.96 bits per heavy atom. The van der Waals surface area contributed by atoms with Crippen LogP contribution < -0.4 is 6.15 Å². The molecule has 1 rings (SSSR count). The molecule has 0 unspecified atom stereocenters. The number of aryl methyl sites for hydroxylation is 1. The molecule has 5 heteroatoms. The van der Waals surface area contributed by atoms with Gasteiger partial charge in [0.2, 0.25) is 0 Å². The van der Waals surface area contributed by atoms with E-state index in [0.29, 0.717) is 18.3 Å². The molecule has 1 aromatic rings. The van der Waals surface area contributed by atoms with E-state index in [4.69, 9.17) is 0 Å². The van der Waals surface area contributed by atoms with Crippen LogP contribution in [0.25, 0.3) is 0 Å². The first-order chi connectivity index (χ1) is 10.2. The monoisotopic (exact) mass is 343 g/mol. The van der Waals surface area contributed by atoms with Crippen LogP contribution in [-0.4, -0.2) is 13.0 Å². The highest BCUT2D eigenvalue weighted by atomic mass is 32.2. The van der Waals surface area contributed by atoms with E-state index in [0.717, 1.165) is 43.2 Å². The van der Waals surface area contributed by atoms with Crippen molar-refractivity contribution in [2.75, 3.05) is 0 Å². The summed E-state index contributed by atoms with van der Waals surface area (Å²) < 4.78 is 32.8. The van der Waals surface area contributed by atoms with Crippen molar-refractivity contribution in [2.45, 2.75) is 71.1 Å². The van der Waals surface area contributed by atoms with Crippen LogP contribution in [0.15, 0.2) is 23.1 Å². The third-order valence-electron chi connectivity index (χ3n) is 3.94. The zero-order chi connectivity index (χ0) is 16.8. The maximum Gasteiger partial charge on any atom is 0.294 e. The molecule has 0 saturated carbocycles. The molecule has 0 heterocycles. The average molecular weight is 344 g/mol. The van der Waals surface area contributed by atoms with E-state index >= 15 is 0 Å². The van der Waals surface area contributed by atoms with Gasteiger partial charge < -0.3 is 6.15 Å². The zero-order valence-electron chi connectivity index (χ0n) is 15.0. The summed E-state index contributed by atoms with van der Waals surface area (Å²) >= 11 is 0. The van der Waals surface area contributed by atoms with Crippen molar-refractivity contribution in [3.05, 3.63) is 29.3 Å². The predicted molar refractivity (Wildman–Crippen MR) is 96.8 cm³/mol. The van der Waals surface area contributed by atoms with Crippen LogP contribution in [-0.2, 0) is 23.0 Å². The predicted octanol–water partition coefficient (Wildman–Crippen LogP) is 5.05. The molecule has 0 spiro atoms. The molecular weight excluding hydrogens is 310 g/mol. The molecule has 0 amide bonds. The highest BCUT2D eigenvalue weighted by Gasteiger charge is 2.18. The molecule has 0 aliphatic carbocycles. The molecule has 0 bridgehead atoms. The summed E-state index contributed by atoms with van der Waals surface area (Å²) in [6.45, 7) is 8.72. The van der Waals surface area contributed by atoms with Gasteiger partial charge in [0.15, 0.2) is 0 Å². The summed E-state index contributed by atoms with van der Waals surface area (Å²) in [7, 11) is -4.15. The van der Waals surface area contributed by atoms with Gasteiger partial charge >= 0.3 is 0 Å². The molecule has 23 heavy (non-hydrogen) atoms. The van der Waals surface area contributed by atoms with Crippen LogP contribution in [0.3, 0.4) is 0 Å². The molecular formula is C18H33NO3S. The van der Waals surface area contributed by atoms with Crippen LogP contribution in [0.5, 0.6) is 0 Å². The largest absolute Gasteiger partial charge is 0.344 e. The summed E-state index contributed by atoms with van der Waals surface area (Å²) in [5.74, 6) is 1.25. The van der Waals surface area contributed by atoms with Crippen molar-refractivity contribution in [1.82, 2.24) is 6.15 Å². The van der Waals surface area contributed by atoms with Crippen LogP contribution in [0.2, 0.25) is 0 Å². The number of benzene rings is 1. The zero-order valence-corrected chi connectivity index (χ0v) is 15.8. The molecule has 0 aliphatic heterocycles. The van der Waals surface area contributed by atoms with E-state index in [2.05, 4.69) is 27.7 Å². The maximum atomic E-state index is 11.6. The van der Waals surface area contributed by atoms with Crippen molar-refractivity contribution in [2.24, 2.45) is 11.8 Å². The van der Waals surface area contributed by atoms with E-state index < -0.39 is 10.1 Å². The van der Waals surface area contributed by atoms with Crippen molar-refractivity contribution < 1.29 is 13.0 Å². The Labute approximate surface area is 142 Å². The van der Waals surface area contributed by atoms with Gasteiger partial charge in [-0.3, -0.25) is 4.55 Å². The summed E-state index contributed by atoms with van der Waals surface area (Å²) in [4.78, 5) is 0.0957. The van der Waals surface area contributed by atoms with Crippen molar-refractivity contribution in [1.29, 1.82) is 0 Å². The molecule has 0 aliphatic rings. The number of hydrogen-bond acceptors (Lipinski definition) is 3. The lowest BCUT2D eigenvalue weighted by atomic mass is 9.95. The SMILES string of the molecule is CC(C)CCCc1cccc(S(=O)(=O)O)c1CCCC(C)C.N. The van der Waals surface area contributed by atoms with E-state index in [-0.39, 0.29) is 11.0 Å². The lowest BCUT2D eigenvalue weighted by Crippen LogP contribution is -2.07. The minimum Gasteiger partial charge on any atom is -0.344 e. The first-order valence-corrected chi connectivity index (χ1v) is 9.74. The van der Waals surface area contributed by atoms with E-state index in [9.17, 15) is 13.0 Å². The van der Waals surface area contributed by atoms with E-state index in [1.807, 2.05) is 6.07 Å². The summed E-state index contributed by atoms with van der Waals surface area (Å²) in [6, 6.07) is 5.26. The molecule has 0 fully saturated rings. The third kappa shape index (κ3) is 7.95. The molecule has 1 aromatic carbocycles. The first kappa shape index (κ1) is 22.1. The lowest BCUT2D eigenvalue weighted by Gasteiger charge is -2.14. The van der Waals surface area contributed by atoms with Gasteiger partial charge in [-0.1, -0.05) is 52.7 Å². The maximum absolute atomic E-state index is 11.6. The van der Waals surface area contributed by atoms with E-state index in [1.54, 1.807) is 6.07 Å². The van der Waals surface area contributed by atoms with Crippen molar-refractivity contribution >= 4 is 10.1 Å². The van der Waals surface area contributed by atoms with Gasteiger partial charge in [0, 0.05) is 0 Å². The fourth-order valence-corrected chi connectivity index (χ4v) is 3.55. The normalized spacial score (nSPS) is 11.8. The van der Waals surface area contributed by atoms with Gasteiger partial charge in [-0.25, -0.2) is 0 Å². The molecule has 0 radical (unpaired) electrons. The summed E-state index contributed by atoms with van der Waals surface area (Å²) in [5, 5.41) is 0. The molecule has 4 nitrogen and oxygen atoms in total. The van der Waals surface area contributed by atoms with Gasteiger partial charge in [0.05, 0.1) is 4.90 Å². The Kier molecular flexibility index (Phi) is 9.66. The van der Waals surface area contributed by atoms with Crippen LogP contribution >= 0.6 is 0 Å². The minimum absolute atomic E-state index is 0. The average Bonchev–Trinajstić information content (AvgIpc) is 2.38. The van der Waals surface area contributed by atoms with Crippen molar-refractivity contribution in [3.8, 4) is 0 Å². The minimum atomic E-state index is -4.15. The topological polar surface area (TPSA) is 89.4 Å². The van der Waals surface area contributed by atoms with Crippen molar-refractivity contribution in [3.63, 3.8) is 0 Å². The Morgan fingerprint density at radius 1 is 0.957 bits per heavy atom. The second kappa shape index (κ2) is 10.1. The first-order valence-electron chi connectivity index (χ1n) is 8.30. The Bertz CT molecular complexity index is 566. The highest BCUT2D eigenvalue weighted by molar-refractivity contribution is 7.85. The lowest BCUT2D eigenvalue weighted by molar-refractivity contribution is 0.480. The second-order valence-corrected chi connectivity index (χ2v) is 8.33. The quantitative estimate of drug-likeness (QED) is 0.614. The van der Waals surface area contributed by atoms with Crippen LogP contribution in [0.4, 0.5) is 0 Å². The summed E-state index contributed by atoms with van der Waals surface area (Å²) in [6.07, 6.45) is 5.77. The van der Waals surface area contributed by atoms with Crippen LogP contribution in [0, 0.1) is 11.8 Å². The fourth-order valence-electron chi connectivity index (χ4n) is 2.76. The van der Waals surface area contributed by atoms with Gasteiger partial charge in [-0.2, -0.15) is 8.42 Å². The Morgan fingerprint density at radius 2 is 1.48 bits per heavy atom. The van der Waals surface area contributed by atoms with E-state index in [1.165, 1.54) is 6.07 Å². The smallest absolute Gasteiger partial charge is 0.294 e. The molecule has 0 atom stereocenters. The Balaban J connectivity index is 0.00000484. The fraction of sp³-hybridized carbons (Fsp3) is 0.667. The number of hydrogen-bond donors (Lipinski definition) is 2. The Hall–Kier alpha value is -0.910. The standard InChI is InChI=1S/C18H30O3S.H3N/c1-14(2)8-5-10-16-11-7-13-18(22(19,20)21)17(16)12-6-9-15(3)4;/h7,11,13-15H,5-6,8-10,12H2,1-4H3,(H,19,20,21);1H3. The second-order valence-electron chi connectivity index (χ2n) is 6.94. The van der Waals surface area contributed by atoms with Gasteiger partial charge in [-0.15, -0.1) is 0 Å². The third-order valence-corrected chi connectivity index (χ3v) is 4.88. The number of rotatable bonds is 9. The van der Waals surface area contributed by atoms with Gasteiger partial charge in [-0.05, 0) is 54.7 Å². The molecule has 0 saturated heterocycles.